The van der Waals surface area contributed by atoms with E-state index in [4.69, 9.17) is 10.5 Å². The first-order valence-corrected chi connectivity index (χ1v) is 7.27. The minimum atomic E-state index is 0.364. The van der Waals surface area contributed by atoms with Gasteiger partial charge in [-0.1, -0.05) is 0 Å². The van der Waals surface area contributed by atoms with Crippen molar-refractivity contribution in [2.75, 3.05) is 48.8 Å². The molecule has 0 atom stereocenters. The molecule has 7 heteroatoms. The monoisotopic (exact) mass is 291 g/mol. The summed E-state index contributed by atoms with van der Waals surface area (Å²) in [5, 5.41) is 0.914. The van der Waals surface area contributed by atoms with Gasteiger partial charge in [-0.2, -0.15) is 9.36 Å². The maximum atomic E-state index is 5.57. The van der Waals surface area contributed by atoms with Crippen LogP contribution in [0.4, 0.5) is 16.8 Å². The van der Waals surface area contributed by atoms with Gasteiger partial charge in [0.2, 0.25) is 11.1 Å². The Hall–Kier alpha value is -2.02. The average molecular weight is 291 g/mol. The Labute approximate surface area is 122 Å². The molecule has 0 amide bonds. The summed E-state index contributed by atoms with van der Waals surface area (Å²) in [5.41, 5.74) is 6.79. The SMILES string of the molecule is COc1ccc(N2CCN(c3nc(N)ns3)CC2)cc1. The highest BCUT2D eigenvalue weighted by atomic mass is 32.1. The summed E-state index contributed by atoms with van der Waals surface area (Å²) >= 11 is 1.36. The highest BCUT2D eigenvalue weighted by molar-refractivity contribution is 7.09. The number of nitrogens with zero attached hydrogens (tertiary/aromatic N) is 4. The van der Waals surface area contributed by atoms with Crippen molar-refractivity contribution in [1.82, 2.24) is 9.36 Å². The maximum absolute atomic E-state index is 5.57. The van der Waals surface area contributed by atoms with Gasteiger partial charge in [0.25, 0.3) is 0 Å². The second-order valence-corrected chi connectivity index (χ2v) is 5.34. The molecule has 2 N–H and O–H groups in total. The van der Waals surface area contributed by atoms with E-state index < -0.39 is 0 Å². The van der Waals surface area contributed by atoms with E-state index in [0.29, 0.717) is 5.95 Å². The van der Waals surface area contributed by atoms with Gasteiger partial charge in [0.05, 0.1) is 7.11 Å². The normalized spacial score (nSPS) is 15.4. The molecule has 20 heavy (non-hydrogen) atoms. The van der Waals surface area contributed by atoms with E-state index in [9.17, 15) is 0 Å². The smallest absolute Gasteiger partial charge is 0.233 e. The Bertz CT molecular complexity index is 562. The fourth-order valence-electron chi connectivity index (χ4n) is 2.30. The minimum Gasteiger partial charge on any atom is -0.497 e. The quantitative estimate of drug-likeness (QED) is 0.923. The largest absolute Gasteiger partial charge is 0.497 e. The van der Waals surface area contributed by atoms with Crippen LogP contribution in [0.2, 0.25) is 0 Å². The molecule has 2 heterocycles. The zero-order valence-electron chi connectivity index (χ0n) is 11.3. The van der Waals surface area contributed by atoms with Crippen molar-refractivity contribution in [2.24, 2.45) is 0 Å². The molecule has 0 bridgehead atoms. The Morgan fingerprint density at radius 1 is 1.10 bits per heavy atom. The molecule has 6 nitrogen and oxygen atoms in total. The van der Waals surface area contributed by atoms with Crippen LogP contribution < -0.4 is 20.3 Å². The van der Waals surface area contributed by atoms with E-state index in [0.717, 1.165) is 37.1 Å². The number of hydrogen-bond acceptors (Lipinski definition) is 7. The lowest BCUT2D eigenvalue weighted by Gasteiger charge is -2.35. The van der Waals surface area contributed by atoms with Gasteiger partial charge in [0.15, 0.2) is 0 Å². The fraction of sp³-hybridized carbons (Fsp3) is 0.385. The fourth-order valence-corrected chi connectivity index (χ4v) is 2.95. The van der Waals surface area contributed by atoms with Gasteiger partial charge in [-0.15, -0.1) is 0 Å². The van der Waals surface area contributed by atoms with Crippen LogP contribution in [0.15, 0.2) is 24.3 Å². The number of hydrogen-bond donors (Lipinski definition) is 1. The summed E-state index contributed by atoms with van der Waals surface area (Å²) in [5.74, 6) is 1.25. The predicted molar refractivity (Wildman–Crippen MR) is 81.7 cm³/mol. The Morgan fingerprint density at radius 2 is 1.75 bits per heavy atom. The first kappa shape index (κ1) is 13.0. The maximum Gasteiger partial charge on any atom is 0.233 e. The van der Waals surface area contributed by atoms with Crippen LogP contribution in [-0.4, -0.2) is 42.6 Å². The summed E-state index contributed by atoms with van der Waals surface area (Å²) < 4.78 is 9.21. The van der Waals surface area contributed by atoms with Crippen LogP contribution in [-0.2, 0) is 0 Å². The molecular weight excluding hydrogens is 274 g/mol. The standard InChI is InChI=1S/C13H17N5OS/c1-19-11-4-2-10(3-5-11)17-6-8-18(9-7-17)13-15-12(14)16-20-13/h2-5H,6-9H2,1H3,(H2,14,16). The highest BCUT2D eigenvalue weighted by Crippen LogP contribution is 2.23. The van der Waals surface area contributed by atoms with Crippen LogP contribution in [0, 0.1) is 0 Å². The van der Waals surface area contributed by atoms with Gasteiger partial charge in [0.1, 0.15) is 5.75 Å². The molecule has 0 radical (unpaired) electrons. The first-order chi connectivity index (χ1) is 9.76. The zero-order chi connectivity index (χ0) is 13.9. The third-order valence-electron chi connectivity index (χ3n) is 3.42. The van der Waals surface area contributed by atoms with Gasteiger partial charge in [-0.25, -0.2) is 0 Å². The zero-order valence-corrected chi connectivity index (χ0v) is 12.1. The number of nitrogens with two attached hydrogens (primary N) is 1. The van der Waals surface area contributed by atoms with Crippen molar-refractivity contribution in [3.63, 3.8) is 0 Å². The number of ether oxygens (including phenoxy) is 1. The topological polar surface area (TPSA) is 67.5 Å². The third kappa shape index (κ3) is 2.62. The second kappa shape index (κ2) is 5.54. The molecule has 1 fully saturated rings. The minimum absolute atomic E-state index is 0.364. The van der Waals surface area contributed by atoms with Crippen LogP contribution in [0.25, 0.3) is 0 Å². The van der Waals surface area contributed by atoms with Crippen LogP contribution in [0.3, 0.4) is 0 Å². The summed E-state index contributed by atoms with van der Waals surface area (Å²) in [6, 6.07) is 8.18. The molecule has 0 unspecified atom stereocenters. The van der Waals surface area contributed by atoms with Crippen molar-refractivity contribution in [3.05, 3.63) is 24.3 Å². The van der Waals surface area contributed by atoms with Gasteiger partial charge < -0.3 is 20.3 Å². The van der Waals surface area contributed by atoms with Gasteiger partial charge in [-0.3, -0.25) is 0 Å². The van der Waals surface area contributed by atoms with Crippen LogP contribution >= 0.6 is 11.5 Å². The lowest BCUT2D eigenvalue weighted by atomic mass is 10.2. The van der Waals surface area contributed by atoms with E-state index >= 15 is 0 Å². The molecule has 0 spiro atoms. The van der Waals surface area contributed by atoms with Crippen molar-refractivity contribution >= 4 is 28.3 Å². The van der Waals surface area contributed by atoms with Gasteiger partial charge in [-0.05, 0) is 24.3 Å². The lowest BCUT2D eigenvalue weighted by molar-refractivity contribution is 0.415. The summed E-state index contributed by atoms with van der Waals surface area (Å²) in [4.78, 5) is 8.82. The molecule has 1 saturated heterocycles. The number of piperazine rings is 1. The highest BCUT2D eigenvalue weighted by Gasteiger charge is 2.19. The Kier molecular flexibility index (Phi) is 3.60. The molecule has 0 saturated carbocycles. The van der Waals surface area contributed by atoms with E-state index in [2.05, 4.69) is 31.3 Å². The molecule has 1 aromatic heterocycles. The molecule has 106 valence electrons. The molecular formula is C13H17N5OS. The van der Waals surface area contributed by atoms with E-state index in [-0.39, 0.29) is 0 Å². The number of anilines is 3. The van der Waals surface area contributed by atoms with Crippen LogP contribution in [0.1, 0.15) is 0 Å². The van der Waals surface area contributed by atoms with Crippen molar-refractivity contribution in [2.45, 2.75) is 0 Å². The molecule has 3 rings (SSSR count). The third-order valence-corrected chi connectivity index (χ3v) is 4.21. The average Bonchev–Trinajstić information content (AvgIpc) is 2.94. The number of rotatable bonds is 3. The molecule has 1 aromatic carbocycles. The number of methoxy groups -OCH3 is 1. The van der Waals surface area contributed by atoms with E-state index in [1.165, 1.54) is 17.2 Å². The van der Waals surface area contributed by atoms with Gasteiger partial charge in [0, 0.05) is 43.4 Å². The van der Waals surface area contributed by atoms with Crippen LogP contribution in [0.5, 0.6) is 5.75 Å². The van der Waals surface area contributed by atoms with Crippen molar-refractivity contribution in [3.8, 4) is 5.75 Å². The Balaban J connectivity index is 1.63. The lowest BCUT2D eigenvalue weighted by Crippen LogP contribution is -2.46. The molecule has 1 aliphatic rings. The van der Waals surface area contributed by atoms with E-state index in [1.54, 1.807) is 7.11 Å². The second-order valence-electron chi connectivity index (χ2n) is 4.61. The first-order valence-electron chi connectivity index (χ1n) is 6.49. The molecule has 0 aliphatic carbocycles. The van der Waals surface area contributed by atoms with Crippen molar-refractivity contribution in [1.29, 1.82) is 0 Å². The summed E-state index contributed by atoms with van der Waals surface area (Å²) in [7, 11) is 1.68. The van der Waals surface area contributed by atoms with E-state index in [1.807, 2.05) is 12.1 Å². The summed E-state index contributed by atoms with van der Waals surface area (Å²) in [6.07, 6.45) is 0. The summed E-state index contributed by atoms with van der Waals surface area (Å²) in [6.45, 7) is 3.79. The number of benzene rings is 1. The molecule has 2 aromatic rings. The van der Waals surface area contributed by atoms with Crippen molar-refractivity contribution < 1.29 is 4.74 Å². The van der Waals surface area contributed by atoms with Gasteiger partial charge >= 0.3 is 0 Å². The number of aromatic nitrogens is 2. The predicted octanol–water partition coefficient (Wildman–Crippen LogP) is 1.46. The molecule has 1 aliphatic heterocycles. The number of nitrogen functional groups attached to an aromatic ring is 1. The Morgan fingerprint density at radius 3 is 2.30 bits per heavy atom.